The Balaban J connectivity index is 2.54. The van der Waals surface area contributed by atoms with E-state index in [0.29, 0.717) is 0 Å². The van der Waals surface area contributed by atoms with Crippen LogP contribution in [0.3, 0.4) is 0 Å². The maximum atomic E-state index is 5.42. The Kier molecular flexibility index (Phi) is 3.44. The summed E-state index contributed by atoms with van der Waals surface area (Å²) in [5, 5.41) is 1.16. The van der Waals surface area contributed by atoms with E-state index in [1.165, 1.54) is 0 Å². The summed E-state index contributed by atoms with van der Waals surface area (Å²) in [7, 11) is 0. The predicted octanol–water partition coefficient (Wildman–Crippen LogP) is 2.01. The molecular weight excluding hydrogens is 151 g/mol. The Morgan fingerprint density at radius 3 is 2.20 bits per heavy atom. The van der Waals surface area contributed by atoms with Crippen molar-refractivity contribution in [3.05, 3.63) is 0 Å². The summed E-state index contributed by atoms with van der Waals surface area (Å²) in [6, 6.07) is 0. The molecule has 0 aromatic carbocycles. The lowest BCUT2D eigenvalue weighted by atomic mass is 10.6. The number of hydrogen-bond acceptors (Lipinski definition) is 0. The largest absolute Gasteiger partial charge is 0.122 e. The summed E-state index contributed by atoms with van der Waals surface area (Å²) in [6.07, 6.45) is 0. The first-order valence-corrected chi connectivity index (χ1v) is 3.03. The normalized spacial score (nSPS) is 15.0. The molecular formula is C3H6BrCl. The van der Waals surface area contributed by atoms with Crippen LogP contribution in [0.5, 0.6) is 0 Å². The fraction of sp³-hybridized carbons (Fsp3) is 1.00. The van der Waals surface area contributed by atoms with Gasteiger partial charge in [0, 0.05) is 10.7 Å². The molecule has 0 saturated carbocycles. The van der Waals surface area contributed by atoms with E-state index in [0.717, 1.165) is 5.33 Å². The summed E-state index contributed by atoms with van der Waals surface area (Å²) >= 11 is 8.60. The summed E-state index contributed by atoms with van der Waals surface area (Å²) in [4.78, 5) is 0. The highest BCUT2D eigenvalue weighted by Gasteiger charge is 1.84. The number of halogens is 2. The van der Waals surface area contributed by atoms with Crippen molar-refractivity contribution in [3.63, 3.8) is 0 Å². The van der Waals surface area contributed by atoms with Crippen LogP contribution >= 0.6 is 27.5 Å². The first-order valence-electron chi connectivity index (χ1n) is 1.47. The smallest absolute Gasteiger partial charge is 0.0404 e. The van der Waals surface area contributed by atoms with Gasteiger partial charge in [-0.25, -0.2) is 0 Å². The van der Waals surface area contributed by atoms with Gasteiger partial charge in [-0.05, 0) is 6.92 Å². The van der Waals surface area contributed by atoms with E-state index in [2.05, 4.69) is 15.9 Å². The highest BCUT2D eigenvalue weighted by Crippen LogP contribution is 1.95. The second-order valence-corrected chi connectivity index (χ2v) is 2.33. The molecule has 2 heteroatoms. The molecule has 0 fully saturated rings. The van der Waals surface area contributed by atoms with Gasteiger partial charge in [0.05, 0.1) is 0 Å². The van der Waals surface area contributed by atoms with Gasteiger partial charge in [-0.1, -0.05) is 15.9 Å². The van der Waals surface area contributed by atoms with Gasteiger partial charge in [0.25, 0.3) is 0 Å². The van der Waals surface area contributed by atoms with Crippen molar-refractivity contribution in [1.29, 1.82) is 0 Å². The minimum Gasteiger partial charge on any atom is -0.122 e. The Labute approximate surface area is 45.6 Å². The molecule has 32 valence electrons. The van der Waals surface area contributed by atoms with Gasteiger partial charge < -0.3 is 0 Å². The fourth-order valence-corrected chi connectivity index (χ4v) is 0. The maximum Gasteiger partial charge on any atom is 0.0404 e. The van der Waals surface area contributed by atoms with Gasteiger partial charge in [-0.3, -0.25) is 0 Å². The number of alkyl halides is 2. The van der Waals surface area contributed by atoms with E-state index in [1.807, 2.05) is 6.92 Å². The highest BCUT2D eigenvalue weighted by molar-refractivity contribution is 9.09. The molecule has 5 heavy (non-hydrogen) atoms. The van der Waals surface area contributed by atoms with Gasteiger partial charge in [-0.2, -0.15) is 0 Å². The molecule has 0 spiro atoms. The molecule has 0 rings (SSSR count). The molecule has 0 heterocycles. The molecule has 0 aliphatic rings. The lowest BCUT2D eigenvalue weighted by molar-refractivity contribution is 1.13. The molecule has 1 atom stereocenters. The number of hydrogen-bond donors (Lipinski definition) is 0. The predicted molar refractivity (Wildman–Crippen MR) is 29.1 cm³/mol. The molecule has 0 N–H and O–H groups in total. The average molecular weight is 157 g/mol. The average Bonchev–Trinajstić information content (AvgIpc) is 1.38. The lowest BCUT2D eigenvalue weighted by Crippen LogP contribution is -1.87. The van der Waals surface area contributed by atoms with E-state index in [1.54, 1.807) is 0 Å². The Morgan fingerprint density at radius 2 is 2.20 bits per heavy atom. The van der Waals surface area contributed by atoms with Gasteiger partial charge in [0.15, 0.2) is 0 Å². The molecule has 0 bridgehead atoms. The summed E-state index contributed by atoms with van der Waals surface area (Å²) < 4.78 is 0. The van der Waals surface area contributed by atoms with Crippen LogP contribution in [0.1, 0.15) is 6.92 Å². The zero-order valence-corrected chi connectivity index (χ0v) is 5.38. The first-order chi connectivity index (χ1) is 2.27. The van der Waals surface area contributed by atoms with Crippen LogP contribution < -0.4 is 0 Å². The van der Waals surface area contributed by atoms with E-state index in [9.17, 15) is 0 Å². The van der Waals surface area contributed by atoms with Crippen molar-refractivity contribution in [2.45, 2.75) is 12.3 Å². The SMILES string of the molecule is CC(Cl)CBr. The van der Waals surface area contributed by atoms with Crippen LogP contribution in [-0.2, 0) is 0 Å². The van der Waals surface area contributed by atoms with E-state index >= 15 is 0 Å². The highest BCUT2D eigenvalue weighted by atomic mass is 79.9. The van der Waals surface area contributed by atoms with Crippen LogP contribution in [0.4, 0.5) is 0 Å². The quantitative estimate of drug-likeness (QED) is 0.511. The van der Waals surface area contributed by atoms with Crippen molar-refractivity contribution < 1.29 is 0 Å². The zero-order chi connectivity index (χ0) is 4.28. The molecule has 0 radical (unpaired) electrons. The fourth-order valence-electron chi connectivity index (χ4n) is 0. The van der Waals surface area contributed by atoms with Crippen LogP contribution in [0.25, 0.3) is 0 Å². The van der Waals surface area contributed by atoms with Crippen LogP contribution in [0, 0.1) is 0 Å². The third kappa shape index (κ3) is 4.77. The van der Waals surface area contributed by atoms with Crippen molar-refractivity contribution in [2.24, 2.45) is 0 Å². The van der Waals surface area contributed by atoms with Crippen molar-refractivity contribution in [2.75, 3.05) is 5.33 Å². The standard InChI is InChI=1S/C3H6BrCl/c1-3(5)2-4/h3H,2H2,1H3. The van der Waals surface area contributed by atoms with Crippen molar-refractivity contribution in [3.8, 4) is 0 Å². The summed E-state index contributed by atoms with van der Waals surface area (Å²) in [6.45, 7) is 1.94. The Morgan fingerprint density at radius 1 is 2.00 bits per heavy atom. The van der Waals surface area contributed by atoms with E-state index in [-0.39, 0.29) is 5.38 Å². The monoisotopic (exact) mass is 156 g/mol. The third-order valence-corrected chi connectivity index (χ3v) is 1.71. The van der Waals surface area contributed by atoms with Gasteiger partial charge in [0.1, 0.15) is 0 Å². The minimum absolute atomic E-state index is 0.273. The van der Waals surface area contributed by atoms with Gasteiger partial charge in [0.2, 0.25) is 0 Å². The molecule has 0 nitrogen and oxygen atoms in total. The number of rotatable bonds is 1. The minimum atomic E-state index is 0.273. The lowest BCUT2D eigenvalue weighted by Gasteiger charge is -1.85. The van der Waals surface area contributed by atoms with Crippen molar-refractivity contribution >= 4 is 27.5 Å². The van der Waals surface area contributed by atoms with Gasteiger partial charge >= 0.3 is 0 Å². The summed E-state index contributed by atoms with van der Waals surface area (Å²) in [5.41, 5.74) is 0. The molecule has 0 aliphatic carbocycles. The second kappa shape index (κ2) is 2.98. The molecule has 0 saturated heterocycles. The summed E-state index contributed by atoms with van der Waals surface area (Å²) in [5.74, 6) is 0. The van der Waals surface area contributed by atoms with E-state index in [4.69, 9.17) is 11.6 Å². The van der Waals surface area contributed by atoms with E-state index < -0.39 is 0 Å². The molecule has 0 aliphatic heterocycles. The van der Waals surface area contributed by atoms with Crippen molar-refractivity contribution in [1.82, 2.24) is 0 Å². The molecule has 1 unspecified atom stereocenters. The van der Waals surface area contributed by atoms with Crippen LogP contribution in [-0.4, -0.2) is 10.7 Å². The first kappa shape index (κ1) is 5.77. The van der Waals surface area contributed by atoms with Gasteiger partial charge in [-0.15, -0.1) is 11.6 Å². The molecule has 0 amide bonds. The maximum absolute atomic E-state index is 5.42. The Hall–Kier alpha value is 0.770. The zero-order valence-electron chi connectivity index (χ0n) is 3.04. The molecule has 0 aromatic heterocycles. The van der Waals surface area contributed by atoms with Crippen LogP contribution in [0.2, 0.25) is 0 Å². The second-order valence-electron chi connectivity index (χ2n) is 0.935. The topological polar surface area (TPSA) is 0 Å². The Bertz CT molecular complexity index is 20.9. The third-order valence-electron chi connectivity index (χ3n) is 0.213. The molecule has 0 aromatic rings. The van der Waals surface area contributed by atoms with Crippen LogP contribution in [0.15, 0.2) is 0 Å².